The Labute approximate surface area is 125 Å². The van der Waals surface area contributed by atoms with Crippen LogP contribution in [0.3, 0.4) is 0 Å². The average molecular weight is 276 g/mol. The fourth-order valence-electron chi connectivity index (χ4n) is 2.54. The van der Waals surface area contributed by atoms with Crippen molar-refractivity contribution in [2.75, 3.05) is 0 Å². The number of aryl methyl sites for hydroxylation is 2. The molecule has 0 aliphatic heterocycles. The van der Waals surface area contributed by atoms with Crippen LogP contribution in [-0.2, 0) is 13.1 Å². The number of pyridine rings is 1. The highest BCUT2D eigenvalue weighted by atomic mass is 14.8. The molecule has 0 fully saturated rings. The van der Waals surface area contributed by atoms with Crippen molar-refractivity contribution in [3.63, 3.8) is 0 Å². The van der Waals surface area contributed by atoms with Gasteiger partial charge in [-0.3, -0.25) is 4.98 Å². The van der Waals surface area contributed by atoms with Crippen LogP contribution in [0.5, 0.6) is 0 Å². The highest BCUT2D eigenvalue weighted by molar-refractivity contribution is 5.79. The van der Waals surface area contributed by atoms with E-state index in [9.17, 15) is 0 Å². The number of hydrogen-bond acceptors (Lipinski definition) is 2. The van der Waals surface area contributed by atoms with Gasteiger partial charge in [-0.1, -0.05) is 36.4 Å². The topological polar surface area (TPSA) is 24.9 Å². The molecule has 3 rings (SSSR count). The Morgan fingerprint density at radius 3 is 2.62 bits per heavy atom. The van der Waals surface area contributed by atoms with Crippen LogP contribution in [0.2, 0.25) is 0 Å². The van der Waals surface area contributed by atoms with Gasteiger partial charge in [0.25, 0.3) is 0 Å². The summed E-state index contributed by atoms with van der Waals surface area (Å²) in [7, 11) is 0. The van der Waals surface area contributed by atoms with Crippen LogP contribution in [0.4, 0.5) is 0 Å². The SMILES string of the molecule is Cc1ccc2cc(CNCc3ccccc3C)ccc2n1. The van der Waals surface area contributed by atoms with Gasteiger partial charge in [-0.15, -0.1) is 0 Å². The minimum Gasteiger partial charge on any atom is -0.309 e. The van der Waals surface area contributed by atoms with E-state index in [0.29, 0.717) is 0 Å². The molecule has 0 bridgehead atoms. The Hall–Kier alpha value is -2.19. The van der Waals surface area contributed by atoms with E-state index in [1.165, 1.54) is 22.1 Å². The first-order valence-electron chi connectivity index (χ1n) is 7.34. The number of nitrogens with one attached hydrogen (secondary N) is 1. The molecule has 0 saturated carbocycles. The lowest BCUT2D eigenvalue weighted by Crippen LogP contribution is -2.13. The molecule has 0 spiro atoms. The molecular weight excluding hydrogens is 256 g/mol. The van der Waals surface area contributed by atoms with E-state index in [0.717, 1.165) is 24.3 Å². The van der Waals surface area contributed by atoms with Crippen molar-refractivity contribution in [2.45, 2.75) is 26.9 Å². The van der Waals surface area contributed by atoms with Gasteiger partial charge in [0.15, 0.2) is 0 Å². The van der Waals surface area contributed by atoms with Gasteiger partial charge in [0, 0.05) is 24.2 Å². The molecule has 1 N–H and O–H groups in total. The normalized spacial score (nSPS) is 11.0. The lowest BCUT2D eigenvalue weighted by Gasteiger charge is -2.08. The zero-order valence-corrected chi connectivity index (χ0v) is 12.6. The summed E-state index contributed by atoms with van der Waals surface area (Å²) in [6.45, 7) is 5.95. The number of benzene rings is 2. The second-order valence-corrected chi connectivity index (χ2v) is 5.51. The molecule has 0 aliphatic rings. The van der Waals surface area contributed by atoms with E-state index in [1.807, 2.05) is 6.92 Å². The molecule has 21 heavy (non-hydrogen) atoms. The van der Waals surface area contributed by atoms with Crippen molar-refractivity contribution >= 4 is 10.9 Å². The molecule has 0 unspecified atom stereocenters. The first-order valence-corrected chi connectivity index (χ1v) is 7.34. The van der Waals surface area contributed by atoms with Crippen molar-refractivity contribution in [3.8, 4) is 0 Å². The van der Waals surface area contributed by atoms with Gasteiger partial charge in [0.05, 0.1) is 5.52 Å². The molecule has 0 saturated heterocycles. The van der Waals surface area contributed by atoms with Gasteiger partial charge in [-0.2, -0.15) is 0 Å². The summed E-state index contributed by atoms with van der Waals surface area (Å²) in [5.74, 6) is 0. The maximum atomic E-state index is 4.54. The number of nitrogens with zero attached hydrogens (tertiary/aromatic N) is 1. The molecule has 1 aromatic heterocycles. The van der Waals surface area contributed by atoms with Gasteiger partial charge in [-0.25, -0.2) is 0 Å². The van der Waals surface area contributed by atoms with Gasteiger partial charge >= 0.3 is 0 Å². The summed E-state index contributed by atoms with van der Waals surface area (Å²) in [6.07, 6.45) is 0. The van der Waals surface area contributed by atoms with Gasteiger partial charge in [-0.05, 0) is 48.7 Å². The van der Waals surface area contributed by atoms with Crippen molar-refractivity contribution in [1.82, 2.24) is 10.3 Å². The molecule has 106 valence electrons. The molecule has 1 heterocycles. The predicted molar refractivity (Wildman–Crippen MR) is 88.2 cm³/mol. The molecular formula is C19H20N2. The molecule has 0 amide bonds. The van der Waals surface area contributed by atoms with E-state index in [4.69, 9.17) is 0 Å². The third-order valence-electron chi connectivity index (χ3n) is 3.80. The summed E-state index contributed by atoms with van der Waals surface area (Å²) in [6, 6.07) is 19.2. The van der Waals surface area contributed by atoms with Crippen molar-refractivity contribution in [1.29, 1.82) is 0 Å². The molecule has 2 heteroatoms. The fraction of sp³-hybridized carbons (Fsp3) is 0.211. The van der Waals surface area contributed by atoms with Crippen molar-refractivity contribution in [2.24, 2.45) is 0 Å². The molecule has 2 nitrogen and oxygen atoms in total. The minimum absolute atomic E-state index is 0.873. The van der Waals surface area contributed by atoms with Crippen LogP contribution in [0.25, 0.3) is 10.9 Å². The van der Waals surface area contributed by atoms with Crippen LogP contribution in [0, 0.1) is 13.8 Å². The van der Waals surface area contributed by atoms with Crippen molar-refractivity contribution < 1.29 is 0 Å². The minimum atomic E-state index is 0.873. The zero-order chi connectivity index (χ0) is 14.7. The third-order valence-corrected chi connectivity index (χ3v) is 3.80. The summed E-state index contributed by atoms with van der Waals surface area (Å²) < 4.78 is 0. The van der Waals surface area contributed by atoms with E-state index in [-0.39, 0.29) is 0 Å². The molecule has 3 aromatic rings. The first kappa shape index (κ1) is 13.8. The summed E-state index contributed by atoms with van der Waals surface area (Å²) >= 11 is 0. The summed E-state index contributed by atoms with van der Waals surface area (Å²) in [5, 5.41) is 4.72. The van der Waals surface area contributed by atoms with Gasteiger partial charge in [0.1, 0.15) is 0 Å². The fourth-order valence-corrected chi connectivity index (χ4v) is 2.54. The number of hydrogen-bond donors (Lipinski definition) is 1. The number of aromatic nitrogens is 1. The second kappa shape index (κ2) is 6.06. The van der Waals surface area contributed by atoms with E-state index in [1.54, 1.807) is 0 Å². The molecule has 0 aliphatic carbocycles. The van der Waals surface area contributed by atoms with E-state index < -0.39 is 0 Å². The highest BCUT2D eigenvalue weighted by Crippen LogP contribution is 2.15. The van der Waals surface area contributed by atoms with Crippen LogP contribution in [0.1, 0.15) is 22.4 Å². The number of rotatable bonds is 4. The molecule has 2 aromatic carbocycles. The van der Waals surface area contributed by atoms with Crippen LogP contribution in [0.15, 0.2) is 54.6 Å². The Morgan fingerprint density at radius 2 is 1.76 bits per heavy atom. The van der Waals surface area contributed by atoms with Crippen LogP contribution in [-0.4, -0.2) is 4.98 Å². The maximum absolute atomic E-state index is 4.54. The lowest BCUT2D eigenvalue weighted by atomic mass is 10.1. The third kappa shape index (κ3) is 3.29. The van der Waals surface area contributed by atoms with Gasteiger partial charge in [0.2, 0.25) is 0 Å². The first-order chi connectivity index (χ1) is 10.2. The quantitative estimate of drug-likeness (QED) is 0.774. The van der Waals surface area contributed by atoms with Gasteiger partial charge < -0.3 is 5.32 Å². The average Bonchev–Trinajstić information content (AvgIpc) is 2.49. The maximum Gasteiger partial charge on any atom is 0.0705 e. The van der Waals surface area contributed by atoms with E-state index >= 15 is 0 Å². The standard InChI is InChI=1S/C19H20N2/c1-14-5-3-4-6-18(14)13-20-12-16-8-10-19-17(11-16)9-7-15(2)21-19/h3-11,20H,12-13H2,1-2H3. The van der Waals surface area contributed by atoms with Crippen LogP contribution < -0.4 is 5.32 Å². The predicted octanol–water partition coefficient (Wildman–Crippen LogP) is 4.14. The number of fused-ring (bicyclic) bond motifs is 1. The Morgan fingerprint density at radius 1 is 0.905 bits per heavy atom. The molecule has 0 radical (unpaired) electrons. The zero-order valence-electron chi connectivity index (χ0n) is 12.6. The summed E-state index contributed by atoms with van der Waals surface area (Å²) in [5.41, 5.74) is 6.12. The second-order valence-electron chi connectivity index (χ2n) is 5.51. The monoisotopic (exact) mass is 276 g/mol. The molecule has 0 atom stereocenters. The Bertz CT molecular complexity index is 762. The highest BCUT2D eigenvalue weighted by Gasteiger charge is 2.00. The van der Waals surface area contributed by atoms with Crippen molar-refractivity contribution in [3.05, 3.63) is 77.0 Å². The smallest absolute Gasteiger partial charge is 0.0705 e. The largest absolute Gasteiger partial charge is 0.309 e. The summed E-state index contributed by atoms with van der Waals surface area (Å²) in [4.78, 5) is 4.54. The Balaban J connectivity index is 1.68. The van der Waals surface area contributed by atoms with Crippen LogP contribution >= 0.6 is 0 Å². The van der Waals surface area contributed by atoms with E-state index in [2.05, 4.69) is 71.8 Å². The lowest BCUT2D eigenvalue weighted by molar-refractivity contribution is 0.691. The Kier molecular flexibility index (Phi) is 3.98.